The highest BCUT2D eigenvalue weighted by molar-refractivity contribution is 6.31. The molecule has 2 amide bonds. The van der Waals surface area contributed by atoms with Crippen LogP contribution < -0.4 is 10.7 Å². The molecular formula is C26H26ClFN4O3. The monoisotopic (exact) mass is 496 g/mol. The normalized spacial score (nSPS) is 11.1. The van der Waals surface area contributed by atoms with Gasteiger partial charge in [0.1, 0.15) is 5.82 Å². The number of likely N-dealkylation sites (N-methyl/N-ethyl adjacent to an activating group) is 1. The van der Waals surface area contributed by atoms with Crippen LogP contribution in [-0.4, -0.2) is 47.7 Å². The first-order valence-electron chi connectivity index (χ1n) is 11.0. The average Bonchev–Trinajstić information content (AvgIpc) is 2.86. The maximum absolute atomic E-state index is 13.0. The number of hydrazone groups is 1. The maximum atomic E-state index is 13.0. The van der Waals surface area contributed by atoms with Crippen molar-refractivity contribution in [3.05, 3.63) is 99.8 Å². The standard InChI is InChI=1S/C26H26ClFN4O3/c1-2-32(13-14-33)17-19-3-7-20(8-4-19)25(34)30-24-12-9-21(27)15-23(24)26(35)31-29-16-18-5-10-22(28)11-6-18/h3-12,15-16,33H,2,13-14,17H2,1H3,(H,30,34)(H,31,35)/b29-16+. The lowest BCUT2D eigenvalue weighted by Gasteiger charge is -2.19. The average molecular weight is 497 g/mol. The van der Waals surface area contributed by atoms with Gasteiger partial charge in [-0.1, -0.05) is 42.8 Å². The minimum Gasteiger partial charge on any atom is -0.395 e. The summed E-state index contributed by atoms with van der Waals surface area (Å²) in [6.07, 6.45) is 1.38. The number of carbonyl (C=O) groups excluding carboxylic acids is 2. The number of rotatable bonds is 10. The molecule has 0 spiro atoms. The predicted molar refractivity (Wildman–Crippen MR) is 135 cm³/mol. The maximum Gasteiger partial charge on any atom is 0.273 e. The van der Waals surface area contributed by atoms with Crippen LogP contribution >= 0.6 is 11.6 Å². The number of nitrogens with zero attached hydrogens (tertiary/aromatic N) is 2. The van der Waals surface area contributed by atoms with Gasteiger partial charge in [0.25, 0.3) is 11.8 Å². The van der Waals surface area contributed by atoms with Crippen molar-refractivity contribution in [2.45, 2.75) is 13.5 Å². The molecule has 0 saturated carbocycles. The third-order valence-electron chi connectivity index (χ3n) is 5.21. The van der Waals surface area contributed by atoms with Crippen molar-refractivity contribution in [3.8, 4) is 0 Å². The second-order valence-electron chi connectivity index (χ2n) is 7.68. The Labute approximate surface area is 208 Å². The third kappa shape index (κ3) is 7.71. The summed E-state index contributed by atoms with van der Waals surface area (Å²) in [6, 6.07) is 17.3. The minimum atomic E-state index is -0.569. The molecule has 7 nitrogen and oxygen atoms in total. The van der Waals surface area contributed by atoms with E-state index < -0.39 is 5.91 Å². The largest absolute Gasteiger partial charge is 0.395 e. The summed E-state index contributed by atoms with van der Waals surface area (Å²) < 4.78 is 13.0. The SMILES string of the molecule is CCN(CCO)Cc1ccc(C(=O)Nc2ccc(Cl)cc2C(=O)N/N=C/c2ccc(F)cc2)cc1. The van der Waals surface area contributed by atoms with Crippen molar-refractivity contribution in [1.29, 1.82) is 0 Å². The Morgan fingerprint density at radius 2 is 1.77 bits per heavy atom. The third-order valence-corrected chi connectivity index (χ3v) is 5.45. The molecule has 0 saturated heterocycles. The number of benzene rings is 3. The van der Waals surface area contributed by atoms with Crippen molar-refractivity contribution < 1.29 is 19.1 Å². The molecule has 182 valence electrons. The van der Waals surface area contributed by atoms with E-state index in [1.807, 2.05) is 19.1 Å². The Kier molecular flexibility index (Phi) is 9.48. The molecule has 0 fully saturated rings. The first-order chi connectivity index (χ1) is 16.9. The van der Waals surface area contributed by atoms with Gasteiger partial charge in [-0.25, -0.2) is 9.82 Å². The fourth-order valence-corrected chi connectivity index (χ4v) is 3.46. The fourth-order valence-electron chi connectivity index (χ4n) is 3.29. The lowest BCUT2D eigenvalue weighted by Crippen LogP contribution is -2.26. The van der Waals surface area contributed by atoms with Crippen LogP contribution in [0.25, 0.3) is 0 Å². The van der Waals surface area contributed by atoms with E-state index in [1.165, 1.54) is 36.5 Å². The Balaban J connectivity index is 1.68. The molecule has 35 heavy (non-hydrogen) atoms. The van der Waals surface area contributed by atoms with E-state index in [9.17, 15) is 14.0 Å². The van der Waals surface area contributed by atoms with Crippen LogP contribution in [-0.2, 0) is 6.54 Å². The predicted octanol–water partition coefficient (Wildman–Crippen LogP) is 4.31. The highest BCUT2D eigenvalue weighted by atomic mass is 35.5. The van der Waals surface area contributed by atoms with Crippen LogP contribution in [0, 0.1) is 5.82 Å². The molecule has 0 aromatic heterocycles. The van der Waals surface area contributed by atoms with Crippen LogP contribution in [0.1, 0.15) is 38.8 Å². The summed E-state index contributed by atoms with van der Waals surface area (Å²) in [6.45, 7) is 4.15. The number of halogens is 2. The Hall–Kier alpha value is -3.59. The summed E-state index contributed by atoms with van der Waals surface area (Å²) in [5.74, 6) is -1.32. The van der Waals surface area contributed by atoms with Gasteiger partial charge in [0.05, 0.1) is 24.1 Å². The Morgan fingerprint density at radius 1 is 1.06 bits per heavy atom. The molecule has 0 aliphatic carbocycles. The summed E-state index contributed by atoms with van der Waals surface area (Å²) in [5, 5.41) is 16.1. The molecule has 3 N–H and O–H groups in total. The second kappa shape index (κ2) is 12.8. The molecular weight excluding hydrogens is 471 g/mol. The van der Waals surface area contributed by atoms with Crippen LogP contribution in [0.4, 0.5) is 10.1 Å². The lowest BCUT2D eigenvalue weighted by atomic mass is 10.1. The van der Waals surface area contributed by atoms with Gasteiger partial charge in [-0.3, -0.25) is 14.5 Å². The lowest BCUT2D eigenvalue weighted by molar-refractivity contribution is 0.0956. The molecule has 9 heteroatoms. The van der Waals surface area contributed by atoms with Gasteiger partial charge < -0.3 is 10.4 Å². The smallest absolute Gasteiger partial charge is 0.273 e. The second-order valence-corrected chi connectivity index (χ2v) is 8.12. The molecule has 0 aliphatic rings. The molecule has 0 bridgehead atoms. The molecule has 0 heterocycles. The highest BCUT2D eigenvalue weighted by Gasteiger charge is 2.15. The molecule has 3 aromatic rings. The number of hydrogen-bond donors (Lipinski definition) is 3. The van der Waals surface area contributed by atoms with Gasteiger partial charge >= 0.3 is 0 Å². The summed E-state index contributed by atoms with van der Waals surface area (Å²) in [5.41, 5.74) is 4.85. The number of carbonyl (C=O) groups is 2. The Bertz CT molecular complexity index is 1180. The van der Waals surface area contributed by atoms with Gasteiger partial charge in [-0.2, -0.15) is 5.10 Å². The van der Waals surface area contributed by atoms with Gasteiger partial charge in [-0.05, 0) is 60.1 Å². The highest BCUT2D eigenvalue weighted by Crippen LogP contribution is 2.22. The topological polar surface area (TPSA) is 94.0 Å². The van der Waals surface area contributed by atoms with Crippen molar-refractivity contribution in [2.24, 2.45) is 5.10 Å². The van der Waals surface area contributed by atoms with Gasteiger partial charge in [0.2, 0.25) is 0 Å². The Morgan fingerprint density at radius 3 is 2.43 bits per heavy atom. The van der Waals surface area contributed by atoms with Crippen LogP contribution in [0.5, 0.6) is 0 Å². The molecule has 0 aliphatic heterocycles. The van der Waals surface area contributed by atoms with Gasteiger partial charge in [-0.15, -0.1) is 0 Å². The van der Waals surface area contributed by atoms with E-state index in [0.29, 0.717) is 29.2 Å². The number of hydrogen-bond acceptors (Lipinski definition) is 5. The van der Waals surface area contributed by atoms with Crippen molar-refractivity contribution in [2.75, 3.05) is 25.0 Å². The van der Waals surface area contributed by atoms with E-state index in [1.54, 1.807) is 24.3 Å². The van der Waals surface area contributed by atoms with Gasteiger partial charge in [0.15, 0.2) is 0 Å². The number of anilines is 1. The summed E-state index contributed by atoms with van der Waals surface area (Å²) in [7, 11) is 0. The molecule has 0 atom stereocenters. The number of nitrogens with one attached hydrogen (secondary N) is 2. The number of aliphatic hydroxyl groups is 1. The van der Waals surface area contributed by atoms with E-state index in [2.05, 4.69) is 20.7 Å². The van der Waals surface area contributed by atoms with Crippen LogP contribution in [0.15, 0.2) is 71.8 Å². The zero-order chi connectivity index (χ0) is 25.2. The first-order valence-corrected chi connectivity index (χ1v) is 11.4. The summed E-state index contributed by atoms with van der Waals surface area (Å²) in [4.78, 5) is 27.6. The van der Waals surface area contributed by atoms with Gasteiger partial charge in [0, 0.05) is 23.7 Å². The number of amides is 2. The van der Waals surface area contributed by atoms with Crippen LogP contribution in [0.3, 0.4) is 0 Å². The molecule has 0 radical (unpaired) electrons. The van der Waals surface area contributed by atoms with Crippen LogP contribution in [0.2, 0.25) is 5.02 Å². The van der Waals surface area contributed by atoms with E-state index in [-0.39, 0.29) is 29.6 Å². The zero-order valence-electron chi connectivity index (χ0n) is 19.2. The van der Waals surface area contributed by atoms with Crippen molar-refractivity contribution in [3.63, 3.8) is 0 Å². The van der Waals surface area contributed by atoms with E-state index >= 15 is 0 Å². The first kappa shape index (κ1) is 26.0. The minimum absolute atomic E-state index is 0.0862. The number of aliphatic hydroxyl groups excluding tert-OH is 1. The summed E-state index contributed by atoms with van der Waals surface area (Å²) >= 11 is 6.07. The fraction of sp³-hybridized carbons (Fsp3) is 0.192. The van der Waals surface area contributed by atoms with E-state index in [4.69, 9.17) is 16.7 Å². The van der Waals surface area contributed by atoms with Crippen molar-refractivity contribution >= 4 is 35.3 Å². The quantitative estimate of drug-likeness (QED) is 0.288. The zero-order valence-corrected chi connectivity index (χ0v) is 19.9. The van der Waals surface area contributed by atoms with Crippen molar-refractivity contribution in [1.82, 2.24) is 10.3 Å². The molecule has 3 aromatic carbocycles. The van der Waals surface area contributed by atoms with E-state index in [0.717, 1.165) is 12.1 Å². The molecule has 3 rings (SSSR count). The molecule has 0 unspecified atom stereocenters.